The first-order valence-corrected chi connectivity index (χ1v) is 7.57. The molecular formula is C15H21BrN2O. The van der Waals surface area contributed by atoms with E-state index in [-0.39, 0.29) is 5.91 Å². The van der Waals surface area contributed by atoms with Crippen LogP contribution in [0, 0.1) is 18.8 Å². The van der Waals surface area contributed by atoms with E-state index in [1.54, 1.807) is 0 Å². The molecule has 2 rings (SSSR count). The molecule has 1 aliphatic heterocycles. The summed E-state index contributed by atoms with van der Waals surface area (Å²) in [5.74, 6) is 1.15. The molecule has 19 heavy (non-hydrogen) atoms. The van der Waals surface area contributed by atoms with Crippen LogP contribution in [0.2, 0.25) is 0 Å². The Balaban J connectivity index is 2.15. The summed E-state index contributed by atoms with van der Waals surface area (Å²) in [6.45, 7) is 6.50. The van der Waals surface area contributed by atoms with Gasteiger partial charge in [0.25, 0.3) is 5.91 Å². The predicted molar refractivity (Wildman–Crippen MR) is 81.1 cm³/mol. The van der Waals surface area contributed by atoms with Gasteiger partial charge < -0.3 is 10.6 Å². The molecule has 0 aliphatic carbocycles. The van der Waals surface area contributed by atoms with Gasteiger partial charge in [-0.3, -0.25) is 4.79 Å². The van der Waals surface area contributed by atoms with Crippen molar-refractivity contribution in [2.75, 3.05) is 19.6 Å². The summed E-state index contributed by atoms with van der Waals surface area (Å²) in [5.41, 5.74) is 7.65. The van der Waals surface area contributed by atoms with E-state index in [4.69, 9.17) is 5.73 Å². The topological polar surface area (TPSA) is 46.3 Å². The number of halogens is 1. The molecule has 1 heterocycles. The van der Waals surface area contributed by atoms with Gasteiger partial charge in [-0.2, -0.15) is 0 Å². The molecule has 4 heteroatoms. The van der Waals surface area contributed by atoms with Gasteiger partial charge >= 0.3 is 0 Å². The Morgan fingerprint density at radius 1 is 1.47 bits per heavy atom. The molecule has 1 aromatic carbocycles. The minimum absolute atomic E-state index is 0.120. The lowest BCUT2D eigenvalue weighted by Crippen LogP contribution is -2.45. The standard InChI is InChI=1S/C15H21BrN2O/c1-10-5-12(7-14(16)6-10)15(19)18-4-3-11(2)13(8-17)9-18/h5-7,11,13H,3-4,8-9,17H2,1-2H3. The second kappa shape index (κ2) is 6.06. The van der Waals surface area contributed by atoms with Crippen molar-refractivity contribution in [3.05, 3.63) is 33.8 Å². The molecule has 1 saturated heterocycles. The minimum Gasteiger partial charge on any atom is -0.338 e. The zero-order chi connectivity index (χ0) is 14.0. The van der Waals surface area contributed by atoms with Crippen LogP contribution in [0.15, 0.2) is 22.7 Å². The van der Waals surface area contributed by atoms with Gasteiger partial charge in [0.15, 0.2) is 0 Å². The second-order valence-corrected chi connectivity index (χ2v) is 6.45. The second-order valence-electron chi connectivity index (χ2n) is 5.53. The summed E-state index contributed by atoms with van der Waals surface area (Å²) in [6, 6.07) is 5.85. The number of piperidine rings is 1. The molecule has 0 aromatic heterocycles. The molecule has 0 bridgehead atoms. The number of amides is 1. The average molecular weight is 325 g/mol. The Morgan fingerprint density at radius 3 is 2.84 bits per heavy atom. The molecular weight excluding hydrogens is 304 g/mol. The molecule has 0 radical (unpaired) electrons. The third kappa shape index (κ3) is 3.37. The van der Waals surface area contributed by atoms with E-state index in [0.29, 0.717) is 18.4 Å². The van der Waals surface area contributed by atoms with Crippen molar-refractivity contribution in [1.29, 1.82) is 0 Å². The van der Waals surface area contributed by atoms with E-state index in [1.165, 1.54) is 0 Å². The number of hydrogen-bond donors (Lipinski definition) is 1. The van der Waals surface area contributed by atoms with Gasteiger partial charge in [0.1, 0.15) is 0 Å². The quantitative estimate of drug-likeness (QED) is 0.909. The number of likely N-dealkylation sites (tertiary alicyclic amines) is 1. The first-order chi connectivity index (χ1) is 9.01. The largest absolute Gasteiger partial charge is 0.338 e. The number of carbonyl (C=O) groups is 1. The Kier molecular flexibility index (Phi) is 4.63. The van der Waals surface area contributed by atoms with E-state index < -0.39 is 0 Å². The fraction of sp³-hybridized carbons (Fsp3) is 0.533. The molecule has 104 valence electrons. The lowest BCUT2D eigenvalue weighted by molar-refractivity contribution is 0.0618. The van der Waals surface area contributed by atoms with Gasteiger partial charge in [-0.05, 0) is 55.5 Å². The Bertz CT molecular complexity index is 455. The van der Waals surface area contributed by atoms with Crippen molar-refractivity contribution < 1.29 is 4.79 Å². The minimum atomic E-state index is 0.120. The maximum absolute atomic E-state index is 12.5. The molecule has 2 unspecified atom stereocenters. The van der Waals surface area contributed by atoms with Gasteiger partial charge in [0.2, 0.25) is 0 Å². The van der Waals surface area contributed by atoms with Crippen LogP contribution in [0.5, 0.6) is 0 Å². The van der Waals surface area contributed by atoms with Crippen LogP contribution in [-0.4, -0.2) is 30.4 Å². The van der Waals surface area contributed by atoms with Gasteiger partial charge in [0, 0.05) is 23.1 Å². The molecule has 2 N–H and O–H groups in total. The van der Waals surface area contributed by atoms with Crippen LogP contribution < -0.4 is 5.73 Å². The summed E-state index contributed by atoms with van der Waals surface area (Å²) >= 11 is 3.45. The van der Waals surface area contributed by atoms with E-state index in [9.17, 15) is 4.79 Å². The Labute approximate surface area is 123 Å². The highest BCUT2D eigenvalue weighted by Crippen LogP contribution is 2.24. The molecule has 1 aromatic rings. The predicted octanol–water partition coefficient (Wildman–Crippen LogP) is 2.81. The van der Waals surface area contributed by atoms with Gasteiger partial charge in [-0.1, -0.05) is 22.9 Å². The molecule has 0 saturated carbocycles. The van der Waals surface area contributed by atoms with Crippen molar-refractivity contribution in [3.63, 3.8) is 0 Å². The summed E-state index contributed by atoms with van der Waals surface area (Å²) < 4.78 is 0.955. The van der Waals surface area contributed by atoms with E-state index in [2.05, 4.69) is 22.9 Å². The monoisotopic (exact) mass is 324 g/mol. The Morgan fingerprint density at radius 2 is 2.21 bits per heavy atom. The lowest BCUT2D eigenvalue weighted by atomic mass is 9.87. The molecule has 2 atom stereocenters. The highest BCUT2D eigenvalue weighted by Gasteiger charge is 2.28. The highest BCUT2D eigenvalue weighted by molar-refractivity contribution is 9.10. The third-order valence-corrected chi connectivity index (χ3v) is 4.45. The number of nitrogens with two attached hydrogens (primary N) is 1. The molecule has 1 aliphatic rings. The van der Waals surface area contributed by atoms with E-state index in [1.807, 2.05) is 30.0 Å². The molecule has 1 fully saturated rings. The van der Waals surface area contributed by atoms with Crippen LogP contribution in [0.1, 0.15) is 29.3 Å². The van der Waals surface area contributed by atoms with Crippen molar-refractivity contribution in [2.45, 2.75) is 20.3 Å². The first-order valence-electron chi connectivity index (χ1n) is 6.77. The average Bonchev–Trinajstić information content (AvgIpc) is 2.37. The van der Waals surface area contributed by atoms with E-state index >= 15 is 0 Å². The van der Waals surface area contributed by atoms with Gasteiger partial charge in [-0.25, -0.2) is 0 Å². The number of rotatable bonds is 2. The van der Waals surface area contributed by atoms with Crippen LogP contribution >= 0.6 is 15.9 Å². The van der Waals surface area contributed by atoms with Crippen molar-refractivity contribution in [1.82, 2.24) is 4.90 Å². The highest BCUT2D eigenvalue weighted by atomic mass is 79.9. The number of hydrogen-bond acceptors (Lipinski definition) is 2. The van der Waals surface area contributed by atoms with Crippen molar-refractivity contribution in [2.24, 2.45) is 17.6 Å². The van der Waals surface area contributed by atoms with Gasteiger partial charge in [-0.15, -0.1) is 0 Å². The lowest BCUT2D eigenvalue weighted by Gasteiger charge is -2.36. The summed E-state index contributed by atoms with van der Waals surface area (Å²) in [6.07, 6.45) is 1.04. The molecule has 3 nitrogen and oxygen atoms in total. The zero-order valence-corrected chi connectivity index (χ0v) is 13.1. The van der Waals surface area contributed by atoms with E-state index in [0.717, 1.165) is 35.1 Å². The fourth-order valence-electron chi connectivity index (χ4n) is 2.68. The normalized spacial score (nSPS) is 23.5. The van der Waals surface area contributed by atoms with Crippen LogP contribution in [0.4, 0.5) is 0 Å². The fourth-order valence-corrected chi connectivity index (χ4v) is 3.29. The third-order valence-electron chi connectivity index (χ3n) is 3.99. The summed E-state index contributed by atoms with van der Waals surface area (Å²) in [7, 11) is 0. The number of aryl methyl sites for hydroxylation is 1. The summed E-state index contributed by atoms with van der Waals surface area (Å²) in [4.78, 5) is 14.5. The van der Waals surface area contributed by atoms with Crippen LogP contribution in [0.25, 0.3) is 0 Å². The van der Waals surface area contributed by atoms with Crippen molar-refractivity contribution in [3.8, 4) is 0 Å². The SMILES string of the molecule is Cc1cc(Br)cc(C(=O)N2CCC(C)C(CN)C2)c1. The summed E-state index contributed by atoms with van der Waals surface area (Å²) in [5, 5.41) is 0. The number of nitrogens with zero attached hydrogens (tertiary/aromatic N) is 1. The Hall–Kier alpha value is -0.870. The van der Waals surface area contributed by atoms with Crippen LogP contribution in [-0.2, 0) is 0 Å². The number of benzene rings is 1. The maximum Gasteiger partial charge on any atom is 0.253 e. The molecule has 1 amide bonds. The van der Waals surface area contributed by atoms with Gasteiger partial charge in [0.05, 0.1) is 0 Å². The zero-order valence-electron chi connectivity index (χ0n) is 11.5. The molecule has 0 spiro atoms. The number of carbonyl (C=O) groups excluding carboxylic acids is 1. The smallest absolute Gasteiger partial charge is 0.253 e. The maximum atomic E-state index is 12.5. The van der Waals surface area contributed by atoms with Crippen molar-refractivity contribution >= 4 is 21.8 Å². The first kappa shape index (κ1) is 14.5. The van der Waals surface area contributed by atoms with Crippen LogP contribution in [0.3, 0.4) is 0 Å².